The minimum atomic E-state index is -4.67. The van der Waals surface area contributed by atoms with E-state index in [2.05, 4.69) is 13.8 Å². The van der Waals surface area contributed by atoms with Crippen LogP contribution in [0.1, 0.15) is 117 Å². The molecule has 0 aliphatic heterocycles. The summed E-state index contributed by atoms with van der Waals surface area (Å²) in [5, 5.41) is -1.55. The zero-order chi connectivity index (χ0) is 21.3. The minimum absolute atomic E-state index is 0. The Labute approximate surface area is 202 Å². The molecule has 7 heteroatoms. The third-order valence-electron chi connectivity index (χ3n) is 5.44. The van der Waals surface area contributed by atoms with E-state index >= 15 is 0 Å². The molecular formula is C22H43NaO5S. The molecular weight excluding hydrogens is 399 g/mol. The molecule has 29 heavy (non-hydrogen) atoms. The summed E-state index contributed by atoms with van der Waals surface area (Å²) in [5.41, 5.74) is 0. The molecule has 0 aromatic heterocycles. The first-order valence-corrected chi connectivity index (χ1v) is 12.9. The van der Waals surface area contributed by atoms with Crippen LogP contribution in [0.2, 0.25) is 0 Å². The topological polar surface area (TPSA) is 83.5 Å². The first-order valence-electron chi connectivity index (χ1n) is 11.5. The predicted molar refractivity (Wildman–Crippen MR) is 114 cm³/mol. The quantitative estimate of drug-likeness (QED) is 0.133. The summed E-state index contributed by atoms with van der Waals surface area (Å²) >= 11 is 0. The Hall–Kier alpha value is 0.380. The van der Waals surface area contributed by atoms with Crippen molar-refractivity contribution in [2.24, 2.45) is 5.92 Å². The molecule has 5 nitrogen and oxygen atoms in total. The Morgan fingerprint density at radius 1 is 0.793 bits per heavy atom. The molecule has 0 heterocycles. The molecule has 0 bridgehead atoms. The number of carbonyl (C=O) groups is 1. The normalized spacial score (nSPS) is 13.5. The van der Waals surface area contributed by atoms with Crippen molar-refractivity contribution in [2.75, 3.05) is 6.61 Å². The van der Waals surface area contributed by atoms with Crippen LogP contribution in [0.4, 0.5) is 0 Å². The Balaban J connectivity index is 0. The van der Waals surface area contributed by atoms with E-state index < -0.39 is 21.3 Å². The third kappa shape index (κ3) is 17.7. The van der Waals surface area contributed by atoms with Gasteiger partial charge in [-0.05, 0) is 18.8 Å². The van der Waals surface area contributed by atoms with Crippen molar-refractivity contribution in [2.45, 2.75) is 122 Å². The monoisotopic (exact) mass is 442 g/mol. The van der Waals surface area contributed by atoms with Gasteiger partial charge in [-0.15, -0.1) is 0 Å². The van der Waals surface area contributed by atoms with Crippen LogP contribution in [0, 0.1) is 5.92 Å². The molecule has 0 N–H and O–H groups in total. The molecule has 0 amide bonds. The number of rotatable bonds is 19. The first kappa shape index (κ1) is 31.6. The van der Waals surface area contributed by atoms with Gasteiger partial charge >= 0.3 is 35.5 Å². The second-order valence-electron chi connectivity index (χ2n) is 8.00. The van der Waals surface area contributed by atoms with Crippen LogP contribution in [0.15, 0.2) is 0 Å². The molecule has 0 radical (unpaired) electrons. The van der Waals surface area contributed by atoms with Crippen LogP contribution in [0.25, 0.3) is 0 Å². The zero-order valence-corrected chi connectivity index (χ0v) is 22.2. The van der Waals surface area contributed by atoms with E-state index in [0.29, 0.717) is 6.42 Å². The van der Waals surface area contributed by atoms with Crippen molar-refractivity contribution in [1.29, 1.82) is 0 Å². The van der Waals surface area contributed by atoms with E-state index in [1.54, 1.807) is 0 Å². The van der Waals surface area contributed by atoms with Crippen LogP contribution >= 0.6 is 0 Å². The molecule has 0 aromatic carbocycles. The number of carbonyl (C=O) groups excluding carboxylic acids is 1. The van der Waals surface area contributed by atoms with Gasteiger partial charge in [-0.1, -0.05) is 104 Å². The maximum absolute atomic E-state index is 12.2. The number of unbranched alkanes of at least 4 members (excludes halogenated alkanes) is 10. The summed E-state index contributed by atoms with van der Waals surface area (Å²) in [6.07, 6.45) is 15.2. The molecule has 168 valence electrons. The van der Waals surface area contributed by atoms with Crippen LogP contribution in [0.3, 0.4) is 0 Å². The van der Waals surface area contributed by atoms with Gasteiger partial charge in [-0.2, -0.15) is 0 Å². The molecule has 0 aliphatic carbocycles. The second-order valence-corrected chi connectivity index (χ2v) is 9.55. The van der Waals surface area contributed by atoms with Gasteiger partial charge in [0.1, 0.15) is 15.4 Å². The smallest absolute Gasteiger partial charge is 0.747 e. The second kappa shape index (κ2) is 20.3. The van der Waals surface area contributed by atoms with Crippen molar-refractivity contribution in [3.05, 3.63) is 0 Å². The molecule has 0 fully saturated rings. The van der Waals surface area contributed by atoms with E-state index in [9.17, 15) is 17.8 Å². The Kier molecular flexibility index (Phi) is 22.1. The maximum atomic E-state index is 12.2. The standard InChI is InChI=1S/C22H44O5S.Na/c1-4-7-9-10-11-12-13-14-15-16-18-21(28(24,25)26)22(23)27-19-20(6-3)17-8-5-2;/h20-21H,4-19H2,1-3H3,(H,24,25,26);/q;+1/p-1. The zero-order valence-electron chi connectivity index (χ0n) is 19.4. The number of hydrogen-bond acceptors (Lipinski definition) is 5. The number of esters is 1. The summed E-state index contributed by atoms with van der Waals surface area (Å²) in [6, 6.07) is 0. The summed E-state index contributed by atoms with van der Waals surface area (Å²) in [6.45, 7) is 6.55. The Bertz CT molecular complexity index is 482. The largest absolute Gasteiger partial charge is 1.00 e. The minimum Gasteiger partial charge on any atom is -0.747 e. The van der Waals surface area contributed by atoms with Gasteiger partial charge in [0.05, 0.1) is 6.61 Å². The molecule has 0 saturated heterocycles. The molecule has 0 aliphatic rings. The van der Waals surface area contributed by atoms with E-state index in [1.165, 1.54) is 38.5 Å². The average Bonchev–Trinajstić information content (AvgIpc) is 2.65. The molecule has 2 unspecified atom stereocenters. The fourth-order valence-electron chi connectivity index (χ4n) is 3.39. The van der Waals surface area contributed by atoms with Gasteiger partial charge in [-0.25, -0.2) is 8.42 Å². The van der Waals surface area contributed by atoms with Crippen molar-refractivity contribution in [3.8, 4) is 0 Å². The summed E-state index contributed by atoms with van der Waals surface area (Å²) in [7, 11) is -4.67. The molecule has 0 rings (SSSR count). The van der Waals surface area contributed by atoms with Gasteiger partial charge in [0.25, 0.3) is 0 Å². The van der Waals surface area contributed by atoms with Crippen LogP contribution in [-0.2, 0) is 19.6 Å². The van der Waals surface area contributed by atoms with Crippen LogP contribution in [0.5, 0.6) is 0 Å². The number of ether oxygens (including phenoxy) is 1. The summed E-state index contributed by atoms with van der Waals surface area (Å²) in [4.78, 5) is 12.2. The number of hydrogen-bond donors (Lipinski definition) is 0. The van der Waals surface area contributed by atoms with Crippen LogP contribution < -0.4 is 29.6 Å². The van der Waals surface area contributed by atoms with Gasteiger partial charge in [0.15, 0.2) is 0 Å². The maximum Gasteiger partial charge on any atom is 1.00 e. The summed E-state index contributed by atoms with van der Waals surface area (Å²) < 4.78 is 39.7. The molecule has 0 aromatic rings. The van der Waals surface area contributed by atoms with E-state index in [-0.39, 0.29) is 48.5 Å². The molecule has 0 spiro atoms. The van der Waals surface area contributed by atoms with Gasteiger partial charge < -0.3 is 9.29 Å². The van der Waals surface area contributed by atoms with E-state index in [1.807, 2.05) is 6.92 Å². The van der Waals surface area contributed by atoms with Crippen LogP contribution in [-0.4, -0.2) is 30.8 Å². The SMILES string of the molecule is CCCCCCCCCCCCC(C(=O)OCC(CC)CCCC)S(=O)(=O)[O-].[Na+]. The van der Waals surface area contributed by atoms with E-state index in [0.717, 1.165) is 44.9 Å². The van der Waals surface area contributed by atoms with Crippen molar-refractivity contribution >= 4 is 16.1 Å². The van der Waals surface area contributed by atoms with Gasteiger partial charge in [0.2, 0.25) is 0 Å². The molecule has 0 saturated carbocycles. The Morgan fingerprint density at radius 2 is 1.28 bits per heavy atom. The first-order chi connectivity index (χ1) is 13.4. The van der Waals surface area contributed by atoms with E-state index in [4.69, 9.17) is 4.74 Å². The predicted octanol–water partition coefficient (Wildman–Crippen LogP) is 2.97. The van der Waals surface area contributed by atoms with Gasteiger partial charge in [-0.3, -0.25) is 4.79 Å². The van der Waals surface area contributed by atoms with Crippen molar-refractivity contribution in [1.82, 2.24) is 0 Å². The third-order valence-corrected chi connectivity index (χ3v) is 6.56. The van der Waals surface area contributed by atoms with Gasteiger partial charge in [0, 0.05) is 0 Å². The summed E-state index contributed by atoms with van der Waals surface area (Å²) in [5.74, 6) is -0.628. The Morgan fingerprint density at radius 3 is 1.72 bits per heavy atom. The average molecular weight is 443 g/mol. The fourth-order valence-corrected chi connectivity index (χ4v) is 4.15. The fraction of sp³-hybridized carbons (Fsp3) is 0.955. The molecule has 2 atom stereocenters. The van der Waals surface area contributed by atoms with Crippen molar-refractivity contribution < 1.29 is 52.1 Å². The van der Waals surface area contributed by atoms with Crippen molar-refractivity contribution in [3.63, 3.8) is 0 Å².